The van der Waals surface area contributed by atoms with Crippen molar-refractivity contribution in [2.24, 2.45) is 0 Å². The molecule has 4 aromatic rings. The molecule has 2 aromatic heterocycles. The number of nitrogens with one attached hydrogen (secondary N) is 1. The number of nitrogens with zero attached hydrogens (tertiary/aromatic N) is 4. The molecule has 34 heavy (non-hydrogen) atoms. The quantitative estimate of drug-likeness (QED) is 0.430. The van der Waals surface area contributed by atoms with Gasteiger partial charge in [0.25, 0.3) is 0 Å². The topological polar surface area (TPSA) is 89.2 Å². The van der Waals surface area contributed by atoms with Crippen LogP contribution in [0.3, 0.4) is 0 Å². The van der Waals surface area contributed by atoms with Crippen molar-refractivity contribution in [3.63, 3.8) is 0 Å². The molecule has 0 atom stereocenters. The van der Waals surface area contributed by atoms with Crippen molar-refractivity contribution in [2.45, 2.75) is 26.6 Å². The molecule has 4 rings (SSSR count). The average Bonchev–Trinajstić information content (AvgIpc) is 2.84. The summed E-state index contributed by atoms with van der Waals surface area (Å²) in [5, 5.41) is 2.83. The highest BCUT2D eigenvalue weighted by Gasteiger charge is 2.16. The second-order valence-electron chi connectivity index (χ2n) is 8.45. The van der Waals surface area contributed by atoms with Gasteiger partial charge < -0.3 is 10.2 Å². The first-order valence-electron chi connectivity index (χ1n) is 11.0. The Labute approximate surface area is 197 Å². The minimum absolute atomic E-state index is 0.220. The van der Waals surface area contributed by atoms with Gasteiger partial charge in [0.1, 0.15) is 6.54 Å². The maximum atomic E-state index is 13.0. The predicted molar refractivity (Wildman–Crippen MR) is 133 cm³/mol. The fourth-order valence-electron chi connectivity index (χ4n) is 3.74. The third kappa shape index (κ3) is 4.91. The summed E-state index contributed by atoms with van der Waals surface area (Å²) in [7, 11) is 3.92. The Morgan fingerprint density at radius 1 is 0.912 bits per heavy atom. The Morgan fingerprint density at radius 3 is 2.24 bits per heavy atom. The van der Waals surface area contributed by atoms with Crippen molar-refractivity contribution in [2.75, 3.05) is 19.0 Å². The number of hydrogen-bond donors (Lipinski definition) is 1. The largest absolute Gasteiger partial charge is 0.378 e. The van der Waals surface area contributed by atoms with Gasteiger partial charge in [-0.05, 0) is 42.3 Å². The van der Waals surface area contributed by atoms with Crippen LogP contribution in [0.15, 0.2) is 76.4 Å². The van der Waals surface area contributed by atoms with Crippen molar-refractivity contribution in [1.29, 1.82) is 0 Å². The van der Waals surface area contributed by atoms with Crippen LogP contribution >= 0.6 is 0 Å². The fourth-order valence-corrected chi connectivity index (χ4v) is 3.74. The lowest BCUT2D eigenvalue weighted by Gasteiger charge is -2.15. The number of amides is 1. The molecular weight excluding hydrogens is 430 g/mol. The maximum absolute atomic E-state index is 13.0. The molecule has 0 bridgehead atoms. The highest BCUT2D eigenvalue weighted by molar-refractivity contribution is 5.78. The van der Waals surface area contributed by atoms with E-state index in [1.807, 2.05) is 74.4 Å². The minimum atomic E-state index is -0.752. The average molecular weight is 458 g/mol. The first-order chi connectivity index (χ1) is 16.3. The second kappa shape index (κ2) is 9.74. The zero-order chi connectivity index (χ0) is 24.2. The molecule has 8 heteroatoms. The van der Waals surface area contributed by atoms with Crippen LogP contribution in [0, 0.1) is 6.92 Å². The molecule has 2 heterocycles. The highest BCUT2D eigenvalue weighted by atomic mass is 16.2. The molecule has 0 aliphatic heterocycles. The van der Waals surface area contributed by atoms with Crippen molar-refractivity contribution in [3.8, 4) is 0 Å². The molecular formula is C26H27N5O3. The van der Waals surface area contributed by atoms with Gasteiger partial charge >= 0.3 is 11.1 Å². The number of fused-ring (bicyclic) bond motifs is 1. The van der Waals surface area contributed by atoms with Crippen molar-refractivity contribution in [3.05, 3.63) is 104 Å². The van der Waals surface area contributed by atoms with E-state index >= 15 is 0 Å². The summed E-state index contributed by atoms with van der Waals surface area (Å²) in [4.78, 5) is 45.0. The normalized spacial score (nSPS) is 10.9. The molecule has 0 saturated carbocycles. The lowest BCUT2D eigenvalue weighted by Crippen LogP contribution is -2.44. The molecule has 0 spiro atoms. The van der Waals surface area contributed by atoms with Crippen LogP contribution in [-0.4, -0.2) is 34.1 Å². The smallest absolute Gasteiger partial charge is 0.318 e. The molecule has 1 amide bonds. The number of aromatic nitrogens is 3. The van der Waals surface area contributed by atoms with Crippen LogP contribution in [0.1, 0.15) is 16.7 Å². The molecule has 174 valence electrons. The number of pyridine rings is 1. The molecule has 0 saturated heterocycles. The van der Waals surface area contributed by atoms with Crippen LogP contribution in [0.25, 0.3) is 11.2 Å². The van der Waals surface area contributed by atoms with E-state index in [0.717, 1.165) is 22.4 Å². The maximum Gasteiger partial charge on any atom is 0.318 e. The van der Waals surface area contributed by atoms with E-state index in [0.29, 0.717) is 17.7 Å². The molecule has 0 aliphatic rings. The van der Waals surface area contributed by atoms with Crippen molar-refractivity contribution >= 4 is 22.8 Å². The van der Waals surface area contributed by atoms with Crippen molar-refractivity contribution in [1.82, 2.24) is 19.4 Å². The third-order valence-electron chi connectivity index (χ3n) is 5.69. The number of carbonyl (C=O) groups excluding carboxylic acids is 1. The fraction of sp³-hybridized carbons (Fsp3) is 0.231. The van der Waals surface area contributed by atoms with E-state index in [2.05, 4.69) is 10.3 Å². The lowest BCUT2D eigenvalue weighted by molar-refractivity contribution is -0.121. The van der Waals surface area contributed by atoms with Crippen molar-refractivity contribution < 1.29 is 4.79 Å². The van der Waals surface area contributed by atoms with Crippen LogP contribution in [0.5, 0.6) is 0 Å². The predicted octanol–water partition coefficient (Wildman–Crippen LogP) is 2.30. The summed E-state index contributed by atoms with van der Waals surface area (Å²) < 4.78 is 2.56. The zero-order valence-electron chi connectivity index (χ0n) is 19.5. The van der Waals surface area contributed by atoms with Gasteiger partial charge in [-0.3, -0.25) is 23.5 Å². The Hall–Kier alpha value is -4.20. The molecule has 1 N–H and O–H groups in total. The van der Waals surface area contributed by atoms with Gasteiger partial charge in [-0.2, -0.15) is 0 Å². The summed E-state index contributed by atoms with van der Waals surface area (Å²) >= 11 is 0. The number of hydrogen-bond acceptors (Lipinski definition) is 5. The summed E-state index contributed by atoms with van der Waals surface area (Å²) in [6, 6.07) is 18.9. The van der Waals surface area contributed by atoms with Crippen LogP contribution in [-0.2, 0) is 24.4 Å². The van der Waals surface area contributed by atoms with Gasteiger partial charge in [-0.1, -0.05) is 42.0 Å². The first-order valence-corrected chi connectivity index (χ1v) is 11.0. The second-order valence-corrected chi connectivity index (χ2v) is 8.45. The standard InChI is InChI=1S/C26H27N5O3/c1-18-6-8-20(9-7-18)16-31-24-22(5-4-14-27-24)30(25(33)26(31)34)17-23(32)28-15-19-10-12-21(13-11-19)29(2)3/h4-14H,15-17H2,1-3H3,(H,28,32). The third-order valence-corrected chi connectivity index (χ3v) is 5.69. The Kier molecular flexibility index (Phi) is 6.58. The Morgan fingerprint density at radius 2 is 1.56 bits per heavy atom. The highest BCUT2D eigenvalue weighted by Crippen LogP contribution is 2.13. The number of carbonyl (C=O) groups is 1. The van der Waals surface area contributed by atoms with E-state index in [4.69, 9.17) is 0 Å². The van der Waals surface area contributed by atoms with Gasteiger partial charge in [0.15, 0.2) is 5.65 Å². The van der Waals surface area contributed by atoms with E-state index < -0.39 is 11.1 Å². The molecule has 0 unspecified atom stereocenters. The first kappa shape index (κ1) is 23.0. The van der Waals surface area contributed by atoms with Gasteiger partial charge in [0.2, 0.25) is 5.91 Å². The monoisotopic (exact) mass is 457 g/mol. The van der Waals surface area contributed by atoms with E-state index in [1.165, 1.54) is 9.13 Å². The number of rotatable bonds is 7. The van der Waals surface area contributed by atoms with Crippen LogP contribution in [0.4, 0.5) is 5.69 Å². The summed E-state index contributed by atoms with van der Waals surface area (Å²) in [5.74, 6) is -0.361. The Balaban J connectivity index is 1.58. The minimum Gasteiger partial charge on any atom is -0.378 e. The zero-order valence-corrected chi connectivity index (χ0v) is 19.5. The van der Waals surface area contributed by atoms with E-state index in [1.54, 1.807) is 18.3 Å². The summed E-state index contributed by atoms with van der Waals surface area (Å²) in [6.07, 6.45) is 1.57. The van der Waals surface area contributed by atoms with Crippen LogP contribution < -0.4 is 21.3 Å². The summed E-state index contributed by atoms with van der Waals surface area (Å²) in [6.45, 7) is 2.26. The van der Waals surface area contributed by atoms with Gasteiger partial charge in [0.05, 0.1) is 12.1 Å². The molecule has 0 fully saturated rings. The molecule has 0 radical (unpaired) electrons. The molecule has 0 aliphatic carbocycles. The summed E-state index contributed by atoms with van der Waals surface area (Å²) in [5.41, 5.74) is 3.32. The van der Waals surface area contributed by atoms with Gasteiger partial charge in [0, 0.05) is 32.5 Å². The lowest BCUT2D eigenvalue weighted by atomic mass is 10.1. The van der Waals surface area contributed by atoms with Crippen LogP contribution in [0.2, 0.25) is 0 Å². The molecule has 2 aromatic carbocycles. The van der Waals surface area contributed by atoms with E-state index in [9.17, 15) is 14.4 Å². The number of anilines is 1. The van der Waals surface area contributed by atoms with Gasteiger partial charge in [-0.15, -0.1) is 0 Å². The SMILES string of the molecule is Cc1ccc(Cn2c(=O)c(=O)n(CC(=O)NCc3ccc(N(C)C)cc3)c3cccnc32)cc1. The Bertz CT molecular complexity index is 1440. The molecule has 8 nitrogen and oxygen atoms in total. The van der Waals surface area contributed by atoms with Gasteiger partial charge in [-0.25, -0.2) is 4.98 Å². The number of aryl methyl sites for hydroxylation is 1. The van der Waals surface area contributed by atoms with E-state index in [-0.39, 0.29) is 19.0 Å². The number of benzene rings is 2.